The van der Waals surface area contributed by atoms with Gasteiger partial charge in [0.05, 0.1) is 18.3 Å². The second-order valence-electron chi connectivity index (χ2n) is 12.0. The molecule has 7 heteroatoms. The molecule has 0 aromatic heterocycles. The molecule has 228 valence electrons. The monoisotopic (exact) mass is 570 g/mol. The van der Waals surface area contributed by atoms with E-state index in [1.54, 1.807) is 13.0 Å². The fourth-order valence-electron chi connectivity index (χ4n) is 5.43. The number of cyclic esters (lactones) is 1. The fraction of sp³-hybridized carbons (Fsp3) is 0.588. The maximum Gasteiger partial charge on any atom is 0.328 e. The zero-order valence-corrected chi connectivity index (χ0v) is 25.3. The summed E-state index contributed by atoms with van der Waals surface area (Å²) in [6.45, 7) is 9.67. The minimum Gasteiger partial charge on any atom is -0.478 e. The van der Waals surface area contributed by atoms with Crippen molar-refractivity contribution in [1.29, 1.82) is 0 Å². The molecule has 0 spiro atoms. The number of carbonyl (C=O) groups is 2. The highest BCUT2D eigenvalue weighted by Crippen LogP contribution is 2.39. The lowest BCUT2D eigenvalue weighted by atomic mass is 9.78. The summed E-state index contributed by atoms with van der Waals surface area (Å²) in [6, 6.07) is 0. The number of allylic oxidation sites excluding steroid dienone is 9. The number of esters is 1. The van der Waals surface area contributed by atoms with E-state index in [2.05, 4.69) is 39.0 Å². The van der Waals surface area contributed by atoms with Gasteiger partial charge in [0.15, 0.2) is 0 Å². The minimum atomic E-state index is -1.06. The maximum absolute atomic E-state index is 12.5. The van der Waals surface area contributed by atoms with Crippen molar-refractivity contribution in [3.05, 3.63) is 70.9 Å². The molecule has 1 aliphatic heterocycles. The number of carbonyl (C=O) groups excluding carboxylic acids is 1. The van der Waals surface area contributed by atoms with Crippen LogP contribution in [0.4, 0.5) is 0 Å². The predicted octanol–water partition coefficient (Wildman–Crippen LogP) is 5.98. The Morgan fingerprint density at radius 2 is 1.80 bits per heavy atom. The van der Waals surface area contributed by atoms with Gasteiger partial charge in [-0.15, -0.1) is 0 Å². The molecule has 7 nitrogen and oxygen atoms in total. The summed E-state index contributed by atoms with van der Waals surface area (Å²) >= 11 is 0. The quantitative estimate of drug-likeness (QED) is 0.110. The summed E-state index contributed by atoms with van der Waals surface area (Å²) in [7, 11) is 0. The lowest BCUT2D eigenvalue weighted by molar-refractivity contribution is -0.151. The molecule has 41 heavy (non-hydrogen) atoms. The molecule has 0 radical (unpaired) electrons. The molecule has 0 saturated heterocycles. The summed E-state index contributed by atoms with van der Waals surface area (Å²) < 4.78 is 5.72. The highest BCUT2D eigenvalue weighted by molar-refractivity contribution is 5.82. The number of hydrogen-bond acceptors (Lipinski definition) is 6. The highest BCUT2D eigenvalue weighted by atomic mass is 16.5. The summed E-state index contributed by atoms with van der Waals surface area (Å²) in [4.78, 5) is 24.4. The van der Waals surface area contributed by atoms with Crippen molar-refractivity contribution < 1.29 is 34.8 Å². The van der Waals surface area contributed by atoms with Crippen molar-refractivity contribution in [3.8, 4) is 0 Å². The minimum absolute atomic E-state index is 0.00439. The van der Waals surface area contributed by atoms with Crippen LogP contribution in [0, 0.1) is 17.8 Å². The van der Waals surface area contributed by atoms with E-state index >= 15 is 0 Å². The van der Waals surface area contributed by atoms with Crippen molar-refractivity contribution >= 4 is 11.9 Å². The van der Waals surface area contributed by atoms with Crippen LogP contribution in [-0.2, 0) is 14.3 Å². The molecule has 1 aliphatic carbocycles. The van der Waals surface area contributed by atoms with E-state index < -0.39 is 24.3 Å². The van der Waals surface area contributed by atoms with Crippen LogP contribution in [0.2, 0.25) is 0 Å². The van der Waals surface area contributed by atoms with Crippen LogP contribution in [0.25, 0.3) is 0 Å². The Bertz CT molecular complexity index is 1060. The van der Waals surface area contributed by atoms with Gasteiger partial charge in [-0.1, -0.05) is 68.9 Å². The zero-order valence-electron chi connectivity index (χ0n) is 25.3. The van der Waals surface area contributed by atoms with Crippen molar-refractivity contribution in [2.24, 2.45) is 17.8 Å². The molecular formula is C34H50O7. The second kappa shape index (κ2) is 17.3. The second-order valence-corrected chi connectivity index (χ2v) is 12.0. The molecule has 2 rings (SSSR count). The predicted molar refractivity (Wildman–Crippen MR) is 162 cm³/mol. The Morgan fingerprint density at radius 1 is 1.10 bits per heavy atom. The van der Waals surface area contributed by atoms with Gasteiger partial charge in [0.25, 0.3) is 0 Å². The number of ether oxygens (including phenoxy) is 1. The number of aliphatic hydroxyl groups excluding tert-OH is 3. The Hall–Kier alpha value is -2.74. The number of carboxylic acids is 1. The SMILES string of the molecule is C/C(C=CC=C1C=C(/C(=C/C(=O)O)C2CCCC(=O)OC(C(C)C)C/C=C/CC2C)CC1)=C\C(O)C(O)CC(C)O. The summed E-state index contributed by atoms with van der Waals surface area (Å²) in [5, 5.41) is 39.2. The smallest absolute Gasteiger partial charge is 0.328 e. The molecule has 1 heterocycles. The molecular weight excluding hydrogens is 520 g/mol. The van der Waals surface area contributed by atoms with Crippen LogP contribution in [-0.4, -0.2) is 56.8 Å². The van der Waals surface area contributed by atoms with Gasteiger partial charge in [0.2, 0.25) is 0 Å². The number of aliphatic hydroxyl groups is 3. The lowest BCUT2D eigenvalue weighted by Crippen LogP contribution is -2.27. The third-order valence-electron chi connectivity index (χ3n) is 7.82. The van der Waals surface area contributed by atoms with E-state index in [-0.39, 0.29) is 36.2 Å². The van der Waals surface area contributed by atoms with Crippen molar-refractivity contribution in [2.75, 3.05) is 0 Å². The average Bonchev–Trinajstić information content (AvgIpc) is 3.34. The van der Waals surface area contributed by atoms with Crippen LogP contribution >= 0.6 is 0 Å². The largest absolute Gasteiger partial charge is 0.478 e. The van der Waals surface area contributed by atoms with Gasteiger partial charge in [-0.25, -0.2) is 4.79 Å². The first kappa shape index (κ1) is 34.5. The highest BCUT2D eigenvalue weighted by Gasteiger charge is 2.27. The molecule has 4 N–H and O–H groups in total. The third kappa shape index (κ3) is 12.3. The zero-order chi connectivity index (χ0) is 30.5. The first-order valence-electron chi connectivity index (χ1n) is 15.0. The number of aliphatic carboxylic acids is 1. The average molecular weight is 571 g/mol. The molecule has 2 aliphatic rings. The molecule has 0 bridgehead atoms. The van der Waals surface area contributed by atoms with Gasteiger partial charge >= 0.3 is 11.9 Å². The number of hydrogen-bond donors (Lipinski definition) is 4. The first-order chi connectivity index (χ1) is 19.4. The molecule has 6 atom stereocenters. The van der Waals surface area contributed by atoms with Gasteiger partial charge in [-0.2, -0.15) is 0 Å². The Morgan fingerprint density at radius 3 is 2.46 bits per heavy atom. The van der Waals surface area contributed by atoms with E-state index in [1.165, 1.54) is 6.08 Å². The van der Waals surface area contributed by atoms with Gasteiger partial charge in [0, 0.05) is 25.3 Å². The van der Waals surface area contributed by atoms with Gasteiger partial charge in [-0.05, 0) is 80.4 Å². The van der Waals surface area contributed by atoms with Gasteiger partial charge in [-0.3, -0.25) is 4.79 Å². The van der Waals surface area contributed by atoms with Crippen molar-refractivity contribution in [3.63, 3.8) is 0 Å². The lowest BCUT2D eigenvalue weighted by Gasteiger charge is -2.28. The van der Waals surface area contributed by atoms with Crippen LogP contribution in [0.15, 0.2) is 70.9 Å². The van der Waals surface area contributed by atoms with Crippen LogP contribution in [0.5, 0.6) is 0 Å². The normalized spacial score (nSPS) is 27.6. The van der Waals surface area contributed by atoms with E-state index in [9.17, 15) is 30.0 Å². The maximum atomic E-state index is 12.5. The molecule has 0 fully saturated rings. The molecule has 0 aromatic rings. The van der Waals surface area contributed by atoms with Crippen LogP contribution in [0.1, 0.15) is 86.0 Å². The van der Waals surface area contributed by atoms with Gasteiger partial charge in [0.1, 0.15) is 6.10 Å². The van der Waals surface area contributed by atoms with Crippen LogP contribution in [0.3, 0.4) is 0 Å². The van der Waals surface area contributed by atoms with Crippen molar-refractivity contribution in [2.45, 2.75) is 110 Å². The molecule has 6 unspecified atom stereocenters. The fourth-order valence-corrected chi connectivity index (χ4v) is 5.43. The standard InChI is InChI=1S/C34H50O7/c1-22(2)32-14-7-6-11-24(4)28(13-9-15-34(40)41-32)29(21-33(38)39)27-17-16-26(20-27)12-8-10-23(3)18-30(36)31(37)19-25(5)35/h6-8,10,12,18,20-22,24-25,28,30-32,35-37H,9,11,13-17,19H2,1-5H3,(H,38,39)/b7-6+,10-8?,23-18+,26-12?,29-21-. The Balaban J connectivity index is 2.22. The van der Waals surface area contributed by atoms with E-state index in [0.717, 1.165) is 41.6 Å². The Labute approximate surface area is 245 Å². The van der Waals surface area contributed by atoms with E-state index in [1.807, 2.05) is 25.2 Å². The number of carboxylic acid groups (broad SMARTS) is 1. The summed E-state index contributed by atoms with van der Waals surface area (Å²) in [5.41, 5.74) is 3.72. The summed E-state index contributed by atoms with van der Waals surface area (Å²) in [6.07, 6.45) is 16.8. The molecule has 0 amide bonds. The Kier molecular flexibility index (Phi) is 14.5. The van der Waals surface area contributed by atoms with Gasteiger partial charge < -0.3 is 25.2 Å². The van der Waals surface area contributed by atoms with E-state index in [4.69, 9.17) is 4.74 Å². The third-order valence-corrected chi connectivity index (χ3v) is 7.82. The molecule has 0 aromatic carbocycles. The summed E-state index contributed by atoms with van der Waals surface area (Å²) in [5.74, 6) is -0.706. The van der Waals surface area contributed by atoms with E-state index in [0.29, 0.717) is 25.7 Å². The van der Waals surface area contributed by atoms with Crippen molar-refractivity contribution in [1.82, 2.24) is 0 Å². The number of rotatable bonds is 10. The topological polar surface area (TPSA) is 124 Å². The molecule has 0 saturated carbocycles. The van der Waals surface area contributed by atoms with Crippen LogP contribution < -0.4 is 0 Å². The first-order valence-corrected chi connectivity index (χ1v) is 15.0.